The molecule has 2 heterocycles. The van der Waals surface area contributed by atoms with E-state index in [4.69, 9.17) is 5.73 Å². The highest BCUT2D eigenvalue weighted by Gasteiger charge is 2.42. The van der Waals surface area contributed by atoms with Crippen LogP contribution in [0.2, 0.25) is 0 Å². The molecule has 1 saturated heterocycles. The van der Waals surface area contributed by atoms with Gasteiger partial charge in [0.2, 0.25) is 88.6 Å². The SMILES string of the molecule is CCCC[C@H]1C(=O)N(C)CC(=O)N[C@@H](CC(=O)O)C(=O)N[C@@H](C(C)C)C(=O)N(C)[C@@H](Cc2ccccc2)C(=O)N[C@@H](Cc2ccc(O)cc2)C(=O)N(C)CC(=O)N[C@@H](Cc2c[nH]c3ccccc23)C(=O)N[C@@H](Cc2ccc(O)cc2)C(=O)N[C@@H](CC(C)C)C(=O)N[C@H](C(=O)NCC(N)=O)CSCC(=O)N[C@@H](Cc2ccccc2)C(=O)N(C)[C@@H](Cc2ccc3ccccc3c2)C(=O)N1C. The van der Waals surface area contributed by atoms with E-state index in [1.165, 1.54) is 93.6 Å². The van der Waals surface area contributed by atoms with Gasteiger partial charge < -0.3 is 98.4 Å². The zero-order valence-electron chi connectivity index (χ0n) is 76.2. The number of aromatic nitrogens is 1. The molecule has 1 fully saturated rings. The summed E-state index contributed by atoms with van der Waals surface area (Å²) in [6.45, 7) is 6.17. The molecule has 1 aliphatic rings. The molecule has 11 atom stereocenters. The maximum absolute atomic E-state index is 15.8. The number of nitrogens with two attached hydrogens (primary N) is 1. The van der Waals surface area contributed by atoms with Crippen molar-refractivity contribution in [1.82, 2.24) is 77.3 Å². The monoisotopic (exact) mass is 1840 g/mol. The number of aromatic hydroxyl groups is 2. The number of carboxylic acids is 1. The van der Waals surface area contributed by atoms with E-state index in [1.807, 2.05) is 43.3 Å². The molecule has 0 unspecified atom stereocenters. The predicted molar refractivity (Wildman–Crippen MR) is 500 cm³/mol. The highest BCUT2D eigenvalue weighted by Crippen LogP contribution is 2.26. The van der Waals surface area contributed by atoms with Gasteiger partial charge in [-0.05, 0) is 99.2 Å². The van der Waals surface area contributed by atoms with Crippen molar-refractivity contribution in [3.63, 3.8) is 0 Å². The van der Waals surface area contributed by atoms with Crippen LogP contribution < -0.4 is 53.6 Å². The van der Waals surface area contributed by atoms with Gasteiger partial charge in [-0.3, -0.25) is 76.7 Å². The Balaban J connectivity index is 1.12. The first-order valence-corrected chi connectivity index (χ1v) is 45.2. The third kappa shape index (κ3) is 30.2. The average Bonchev–Trinajstić information content (AvgIpc) is 1.73. The minimum atomic E-state index is -1.91. The fourth-order valence-electron chi connectivity index (χ4n) is 15.7. The number of nitrogens with zero attached hydrogens (tertiary/aromatic N) is 5. The number of rotatable bonds is 23. The lowest BCUT2D eigenvalue weighted by Gasteiger charge is -2.37. The molecule has 36 heteroatoms. The first-order chi connectivity index (χ1) is 63.3. The van der Waals surface area contributed by atoms with Gasteiger partial charge in [-0.25, -0.2) is 0 Å². The number of aromatic amines is 1. The van der Waals surface area contributed by atoms with Crippen molar-refractivity contribution in [2.75, 3.05) is 66.4 Å². The van der Waals surface area contributed by atoms with Crippen molar-refractivity contribution >= 4 is 128 Å². The smallest absolute Gasteiger partial charge is 0.305 e. The zero-order valence-corrected chi connectivity index (χ0v) is 77.1. The van der Waals surface area contributed by atoms with Gasteiger partial charge in [-0.15, -0.1) is 11.8 Å². The lowest BCUT2D eigenvalue weighted by Crippen LogP contribution is -2.61. The second-order valence-electron chi connectivity index (χ2n) is 34.3. The van der Waals surface area contributed by atoms with Crippen LogP contribution in [-0.4, -0.2) is 272 Å². The van der Waals surface area contributed by atoms with E-state index in [1.54, 1.807) is 125 Å². The number of para-hydroxylation sites is 1. The third-order valence-corrected chi connectivity index (χ3v) is 24.1. The number of nitrogens with one attached hydrogen (secondary N) is 10. The normalized spacial score (nSPS) is 21.6. The molecule has 1 aliphatic heterocycles. The number of unbranched alkanes of at least 4 members (excludes halogenated alkanes) is 1. The molecule has 1 aromatic heterocycles. The molecule has 7 aromatic carbocycles. The summed E-state index contributed by atoms with van der Waals surface area (Å²) < 4.78 is 0. The minimum absolute atomic E-state index is 0.0206. The van der Waals surface area contributed by atoms with Gasteiger partial charge in [-0.2, -0.15) is 0 Å². The third-order valence-electron chi connectivity index (χ3n) is 23.0. The van der Waals surface area contributed by atoms with E-state index in [0.29, 0.717) is 57.1 Å². The largest absolute Gasteiger partial charge is 0.508 e. The number of likely N-dealkylation sites (N-methyl/N-ethyl adjacent to an activating group) is 5. The fourth-order valence-corrected chi connectivity index (χ4v) is 16.6. The summed E-state index contributed by atoms with van der Waals surface area (Å²) in [7, 11) is 6.57. The molecule has 0 bridgehead atoms. The van der Waals surface area contributed by atoms with Crippen LogP contribution in [0, 0.1) is 11.8 Å². The van der Waals surface area contributed by atoms with Crippen LogP contribution in [-0.2, 0) is 115 Å². The fraction of sp³-hybridized carbons (Fsp3) is 0.402. The maximum atomic E-state index is 15.8. The lowest BCUT2D eigenvalue weighted by atomic mass is 9.97. The van der Waals surface area contributed by atoms with Crippen LogP contribution >= 0.6 is 11.8 Å². The summed E-state index contributed by atoms with van der Waals surface area (Å²) in [5.74, 6) is -17.5. The number of carbonyl (C=O) groups excluding carboxylic acids is 15. The van der Waals surface area contributed by atoms with Gasteiger partial charge in [0.1, 0.15) is 78.0 Å². The van der Waals surface area contributed by atoms with Gasteiger partial charge in [-0.1, -0.05) is 193 Å². The number of aliphatic carboxylic acids is 1. The van der Waals surface area contributed by atoms with E-state index in [-0.39, 0.29) is 68.8 Å². The Morgan fingerprint density at radius 2 is 0.932 bits per heavy atom. The number of primary amides is 1. The Hall–Kier alpha value is -14.2. The van der Waals surface area contributed by atoms with E-state index < -0.39 is 205 Å². The van der Waals surface area contributed by atoms with Crippen LogP contribution in [0.5, 0.6) is 11.5 Å². The Morgan fingerprint density at radius 1 is 0.459 bits per heavy atom. The molecule has 0 spiro atoms. The zero-order chi connectivity index (χ0) is 96.9. The van der Waals surface area contributed by atoms with Gasteiger partial charge in [0.15, 0.2) is 0 Å². The van der Waals surface area contributed by atoms with Gasteiger partial charge in [0, 0.05) is 96.6 Å². The molecule has 0 radical (unpaired) electrons. The first kappa shape index (κ1) is 103. The Kier molecular flexibility index (Phi) is 37.9. The molecule has 708 valence electrons. The quantitative estimate of drug-likeness (QED) is 0.0436. The highest BCUT2D eigenvalue weighted by atomic mass is 32.2. The molecular formula is C97H120N16O19S. The van der Waals surface area contributed by atoms with Crippen LogP contribution in [0.4, 0.5) is 0 Å². The second-order valence-corrected chi connectivity index (χ2v) is 35.3. The minimum Gasteiger partial charge on any atom is -0.508 e. The van der Waals surface area contributed by atoms with Gasteiger partial charge >= 0.3 is 5.97 Å². The molecular weight excluding hydrogens is 1730 g/mol. The summed E-state index contributed by atoms with van der Waals surface area (Å²) in [4.78, 5) is 245. The van der Waals surface area contributed by atoms with Crippen LogP contribution in [0.1, 0.15) is 100 Å². The van der Waals surface area contributed by atoms with Crippen LogP contribution in [0.25, 0.3) is 21.7 Å². The number of thioether (sulfide) groups is 1. The summed E-state index contributed by atoms with van der Waals surface area (Å²) in [5, 5.41) is 57.4. The van der Waals surface area contributed by atoms with Gasteiger partial charge in [0.25, 0.3) is 0 Å². The summed E-state index contributed by atoms with van der Waals surface area (Å²) in [6.07, 6.45) is 0.0205. The maximum Gasteiger partial charge on any atom is 0.305 e. The van der Waals surface area contributed by atoms with Crippen molar-refractivity contribution in [2.24, 2.45) is 17.6 Å². The Bertz CT molecular complexity index is 5450. The van der Waals surface area contributed by atoms with Crippen LogP contribution in [0.3, 0.4) is 0 Å². The molecule has 15 amide bonds. The van der Waals surface area contributed by atoms with E-state index in [2.05, 4.69) is 52.8 Å². The number of carbonyl (C=O) groups is 16. The van der Waals surface area contributed by atoms with Crippen molar-refractivity contribution < 1.29 is 92.0 Å². The molecule has 35 nitrogen and oxygen atoms in total. The van der Waals surface area contributed by atoms with Crippen molar-refractivity contribution in [2.45, 2.75) is 172 Å². The number of hydrogen-bond donors (Lipinski definition) is 14. The van der Waals surface area contributed by atoms with Crippen LogP contribution in [0.15, 0.2) is 182 Å². The summed E-state index contributed by atoms with van der Waals surface area (Å²) in [5.41, 5.74) is 9.13. The highest BCUT2D eigenvalue weighted by molar-refractivity contribution is 8.00. The van der Waals surface area contributed by atoms with E-state index >= 15 is 43.2 Å². The molecule has 0 saturated carbocycles. The number of benzene rings is 7. The van der Waals surface area contributed by atoms with Crippen molar-refractivity contribution in [1.29, 1.82) is 0 Å². The Labute approximate surface area is 776 Å². The standard InChI is InChI=1S/C97H120N16O19S/c1-11-12-31-78-95(130)110(7)54-83(118)102-74(50-85(120)121)91(126)108-86(58(4)5)97(132)112(9)79(47-60-25-17-14-18-26-60)92(127)106-75(46-62-35-40-68(115)41-36-62)93(128)109(6)53-82(117)101-73(49-66-51-99-70-30-22-21-29-69(66)70)90(125)105-72(44-61-33-38-67(114)39-34-61)89(124)104-71(42-57(2)3)88(123)107-77(87(122)100-52-81(98)116)55-133-56-84(119)103-76(45-59-23-15-13-16-24-59)94(129)113(10)80(96(131)111(78)8)48-63-32-37-64-27-19-20-28-65(64)43-63/h13-30,32-41,43,51,57-58,71-80,86,99,114-115H,11-12,31,42,44-50,52-56H2,1-10H3,(H2,98,116)(H,100,122)(H,101,117)(H,102,118)(H,103,119)(H,104,124)(H,105,125)(H,106,127)(H,107,123)(H,108,126)(H,120,121)/t71-,72-,73-,74-,75-,76-,77-,78-,79-,80-,86-/m0/s1. The molecule has 9 rings (SSSR count). The number of hydrogen-bond acceptors (Lipinski definition) is 19. The first-order valence-electron chi connectivity index (χ1n) is 44.1. The number of fused-ring (bicyclic) bond motifs is 2. The number of H-pyrrole nitrogens is 1. The van der Waals surface area contributed by atoms with E-state index in [9.17, 15) is 48.9 Å². The second kappa shape index (κ2) is 49.2. The number of phenolic OH excluding ortho intramolecular Hbond substituents is 2. The summed E-state index contributed by atoms with van der Waals surface area (Å²) >= 11 is 0.830. The number of carboxylic acid groups (broad SMARTS) is 1. The molecule has 8 aromatic rings. The van der Waals surface area contributed by atoms with Gasteiger partial charge in [0.05, 0.1) is 31.8 Å². The topological polar surface area (TPSA) is 500 Å². The average molecular weight is 1850 g/mol. The number of amides is 15. The lowest BCUT2D eigenvalue weighted by molar-refractivity contribution is -0.151. The summed E-state index contributed by atoms with van der Waals surface area (Å²) in [6, 6.07) is 31.5. The van der Waals surface area contributed by atoms with Crippen molar-refractivity contribution in [3.8, 4) is 11.5 Å². The molecule has 0 aliphatic carbocycles. The number of phenols is 2. The predicted octanol–water partition coefficient (Wildman–Crippen LogP) is 3.48. The van der Waals surface area contributed by atoms with E-state index in [0.717, 1.165) is 37.2 Å². The molecule has 15 N–H and O–H groups in total. The van der Waals surface area contributed by atoms with Crippen molar-refractivity contribution in [3.05, 3.63) is 216 Å². The Morgan fingerprint density at radius 3 is 1.52 bits per heavy atom. The molecule has 133 heavy (non-hydrogen) atoms.